The van der Waals surface area contributed by atoms with Crippen LogP contribution in [0, 0.1) is 6.92 Å². The van der Waals surface area contributed by atoms with E-state index in [0.29, 0.717) is 16.3 Å². The van der Waals surface area contributed by atoms with E-state index in [0.717, 1.165) is 37.3 Å². The number of benzene rings is 2. The molecule has 1 aliphatic heterocycles. The normalized spacial score (nSPS) is 13.9. The molecule has 1 N–H and O–H groups in total. The lowest BCUT2D eigenvalue weighted by Gasteiger charge is -2.17. The second-order valence-electron chi connectivity index (χ2n) is 6.55. The number of nitrogens with one attached hydrogen (secondary N) is 1. The Hall–Kier alpha value is -2.94. The highest BCUT2D eigenvalue weighted by Gasteiger charge is 2.29. The molecule has 0 spiro atoms. The minimum Gasteiger partial charge on any atom is -0.493 e. The van der Waals surface area contributed by atoms with Crippen molar-refractivity contribution in [3.05, 3.63) is 77.7 Å². The first-order chi connectivity index (χ1) is 14.3. The molecule has 0 fully saturated rings. The van der Waals surface area contributed by atoms with Gasteiger partial charge in [0.05, 0.1) is 17.1 Å². The van der Waals surface area contributed by atoms with Crippen molar-refractivity contribution in [2.24, 2.45) is 0 Å². The maximum absolute atomic E-state index is 12.2. The Balaban J connectivity index is 0.000000199. The van der Waals surface area contributed by atoms with E-state index in [4.69, 9.17) is 4.74 Å². The fourth-order valence-electron chi connectivity index (χ4n) is 2.76. The zero-order chi connectivity index (χ0) is 21.6. The summed E-state index contributed by atoms with van der Waals surface area (Å²) in [5.74, 6) is 1.37. The van der Waals surface area contributed by atoms with Crippen molar-refractivity contribution in [1.29, 1.82) is 0 Å². The second kappa shape index (κ2) is 9.71. The molecule has 2 heterocycles. The number of alkyl halides is 3. The van der Waals surface area contributed by atoms with E-state index in [-0.39, 0.29) is 0 Å². The number of anilines is 1. The Bertz CT molecular complexity index is 1010. The van der Waals surface area contributed by atoms with Crippen LogP contribution in [-0.4, -0.2) is 20.8 Å². The van der Waals surface area contributed by atoms with E-state index in [1.165, 1.54) is 18.0 Å². The average Bonchev–Trinajstić information content (AvgIpc) is 2.74. The van der Waals surface area contributed by atoms with Gasteiger partial charge in [0.1, 0.15) is 17.9 Å². The van der Waals surface area contributed by atoms with Crippen LogP contribution in [0.4, 0.5) is 19.0 Å². The summed E-state index contributed by atoms with van der Waals surface area (Å²) in [5, 5.41) is 0. The zero-order valence-electron chi connectivity index (χ0n) is 16.1. The third kappa shape index (κ3) is 6.03. The Kier molecular flexibility index (Phi) is 7.04. The number of ether oxygens (including phenoxy) is 1. The molecule has 1 atom stereocenters. The van der Waals surface area contributed by atoms with Crippen LogP contribution in [0.25, 0.3) is 0 Å². The molecule has 4 rings (SSSR count). The smallest absolute Gasteiger partial charge is 0.416 e. The van der Waals surface area contributed by atoms with Gasteiger partial charge in [-0.2, -0.15) is 13.2 Å². The molecule has 9 heteroatoms. The van der Waals surface area contributed by atoms with E-state index < -0.39 is 22.7 Å². The molecule has 0 saturated heterocycles. The summed E-state index contributed by atoms with van der Waals surface area (Å²) in [4.78, 5) is 8.48. The van der Waals surface area contributed by atoms with Crippen LogP contribution >= 0.6 is 0 Å². The molecule has 0 radical (unpaired) electrons. The van der Waals surface area contributed by atoms with Crippen LogP contribution in [-0.2, 0) is 23.6 Å². The molecule has 0 amide bonds. The van der Waals surface area contributed by atoms with Crippen LogP contribution in [0.2, 0.25) is 0 Å². The molecular formula is C21H20F3N3O2S. The Morgan fingerprint density at radius 1 is 1.13 bits per heavy atom. The molecule has 5 nitrogen and oxygen atoms in total. The topological polar surface area (TPSA) is 64.1 Å². The quantitative estimate of drug-likeness (QED) is 0.632. The van der Waals surface area contributed by atoms with Crippen LogP contribution in [0.15, 0.2) is 66.0 Å². The summed E-state index contributed by atoms with van der Waals surface area (Å²) in [5.41, 5.74) is 1.21. The second-order valence-corrected chi connectivity index (χ2v) is 7.77. The molecule has 30 heavy (non-hydrogen) atoms. The van der Waals surface area contributed by atoms with Gasteiger partial charge in [0.15, 0.2) is 11.0 Å². The van der Waals surface area contributed by atoms with Gasteiger partial charge >= 0.3 is 6.18 Å². The van der Waals surface area contributed by atoms with Gasteiger partial charge in [0.25, 0.3) is 0 Å². The molecule has 1 aromatic heterocycles. The number of aryl methyl sites for hydroxylation is 2. The van der Waals surface area contributed by atoms with Crippen molar-refractivity contribution >= 4 is 16.8 Å². The summed E-state index contributed by atoms with van der Waals surface area (Å²) in [6, 6.07) is 12.6. The number of hydrogen-bond donors (Lipinski definition) is 1. The molecule has 0 saturated carbocycles. The highest BCUT2D eigenvalue weighted by atomic mass is 32.2. The minimum atomic E-state index is -4.22. The van der Waals surface area contributed by atoms with Gasteiger partial charge in [-0.05, 0) is 49.6 Å². The molecule has 3 aromatic rings. The summed E-state index contributed by atoms with van der Waals surface area (Å²) < 4.78 is 56.5. The number of fused-ring (bicyclic) bond motifs is 1. The van der Waals surface area contributed by atoms with Crippen LogP contribution in [0.1, 0.15) is 23.1 Å². The van der Waals surface area contributed by atoms with Gasteiger partial charge in [-0.15, -0.1) is 0 Å². The van der Waals surface area contributed by atoms with Crippen LogP contribution in [0.5, 0.6) is 5.75 Å². The van der Waals surface area contributed by atoms with E-state index in [2.05, 4.69) is 14.7 Å². The average molecular weight is 435 g/mol. The molecule has 0 aliphatic carbocycles. The van der Waals surface area contributed by atoms with Gasteiger partial charge in [-0.3, -0.25) is 4.72 Å². The predicted molar refractivity (Wildman–Crippen MR) is 109 cm³/mol. The van der Waals surface area contributed by atoms with E-state index in [1.54, 1.807) is 25.3 Å². The molecule has 0 bridgehead atoms. The fourth-order valence-corrected chi connectivity index (χ4v) is 3.60. The molecule has 158 valence electrons. The number of aromatic nitrogens is 2. The van der Waals surface area contributed by atoms with Crippen LogP contribution in [0.3, 0.4) is 0 Å². The molecular weight excluding hydrogens is 415 g/mol. The van der Waals surface area contributed by atoms with Crippen molar-refractivity contribution in [1.82, 2.24) is 9.97 Å². The minimum absolute atomic E-state index is 0.534. The van der Waals surface area contributed by atoms with Crippen molar-refractivity contribution < 1.29 is 22.1 Å². The summed E-state index contributed by atoms with van der Waals surface area (Å²) >= 11 is 0. The standard InChI is InChI=1S/C13H13N3O2S.C8H7F3/c17-19(16-13-5-6-14-9-15-13)11-4-3-10-2-1-7-18-12(10)8-11;1-6-3-2-4-7(5-6)8(9,10)11/h3-6,8-9H,1-2,7H2,(H,14,15,16);2-5H,1H3. The van der Waals surface area contributed by atoms with E-state index >= 15 is 0 Å². The van der Waals surface area contributed by atoms with Crippen molar-refractivity contribution in [2.75, 3.05) is 11.3 Å². The molecule has 2 aromatic carbocycles. The highest BCUT2D eigenvalue weighted by Crippen LogP contribution is 2.29. The molecule has 1 aliphatic rings. The lowest BCUT2D eigenvalue weighted by molar-refractivity contribution is -0.137. The monoisotopic (exact) mass is 435 g/mol. The maximum Gasteiger partial charge on any atom is 0.416 e. The maximum atomic E-state index is 12.2. The van der Waals surface area contributed by atoms with Crippen molar-refractivity contribution in [3.63, 3.8) is 0 Å². The third-order valence-corrected chi connectivity index (χ3v) is 5.30. The SMILES string of the molecule is Cc1cccc(C(F)(F)F)c1.O=S(Nc1ccncn1)c1ccc2c(c1)OCCC2. The predicted octanol–water partition coefficient (Wildman–Crippen LogP) is 4.95. The van der Waals surface area contributed by atoms with E-state index in [9.17, 15) is 17.4 Å². The Labute approximate surface area is 174 Å². The first kappa shape index (κ1) is 21.8. The van der Waals surface area contributed by atoms with E-state index in [1.807, 2.05) is 18.2 Å². The lowest BCUT2D eigenvalue weighted by atomic mass is 10.1. The first-order valence-electron chi connectivity index (χ1n) is 9.17. The van der Waals surface area contributed by atoms with Gasteiger partial charge in [0.2, 0.25) is 0 Å². The van der Waals surface area contributed by atoms with Gasteiger partial charge in [0, 0.05) is 6.20 Å². The molecule has 1 unspecified atom stereocenters. The summed E-state index contributed by atoms with van der Waals surface area (Å²) in [6.07, 6.45) is 0.847. The number of rotatable bonds is 3. The Morgan fingerprint density at radius 2 is 1.97 bits per heavy atom. The first-order valence-corrected chi connectivity index (χ1v) is 10.3. The van der Waals surface area contributed by atoms with Gasteiger partial charge in [-0.25, -0.2) is 14.2 Å². The van der Waals surface area contributed by atoms with Crippen molar-refractivity contribution in [3.8, 4) is 5.75 Å². The van der Waals surface area contributed by atoms with Gasteiger partial charge < -0.3 is 4.74 Å². The largest absolute Gasteiger partial charge is 0.493 e. The van der Waals surface area contributed by atoms with Gasteiger partial charge in [-0.1, -0.05) is 29.8 Å². The highest BCUT2D eigenvalue weighted by molar-refractivity contribution is 7.86. The summed E-state index contributed by atoms with van der Waals surface area (Å²) in [6.45, 7) is 2.36. The summed E-state index contributed by atoms with van der Waals surface area (Å²) in [7, 11) is -1.35. The lowest BCUT2D eigenvalue weighted by Crippen LogP contribution is -2.10. The van der Waals surface area contributed by atoms with Crippen LogP contribution < -0.4 is 9.46 Å². The van der Waals surface area contributed by atoms with Crippen molar-refractivity contribution in [2.45, 2.75) is 30.8 Å². The number of nitrogens with zero attached hydrogens (tertiary/aromatic N) is 2. The zero-order valence-corrected chi connectivity index (χ0v) is 17.0. The fraction of sp³-hybridized carbons (Fsp3) is 0.238. The third-order valence-electron chi connectivity index (χ3n) is 4.23. The number of halogens is 3. The Morgan fingerprint density at radius 3 is 2.63 bits per heavy atom. The number of hydrogen-bond acceptors (Lipinski definition) is 4.